The number of carbonyl (C=O) groups excluding carboxylic acids is 1. The van der Waals surface area contributed by atoms with Crippen LogP contribution >= 0.6 is 34.5 Å². The Morgan fingerprint density at radius 2 is 2.00 bits per heavy atom. The summed E-state index contributed by atoms with van der Waals surface area (Å²) in [5, 5.41) is 3.25. The second kappa shape index (κ2) is 8.15. The first-order valence-electron chi connectivity index (χ1n) is 7.30. The number of likely N-dealkylation sites (N-methyl/N-ethyl adjacent to an activating group) is 2. The minimum absolute atomic E-state index is 0.0267. The summed E-state index contributed by atoms with van der Waals surface area (Å²) in [5.41, 5.74) is 0.965. The molecule has 3 nitrogen and oxygen atoms in total. The largest absolute Gasteiger partial charge is 0.340 e. The van der Waals surface area contributed by atoms with Gasteiger partial charge in [0.15, 0.2) is 0 Å². The Bertz CT molecular complexity index is 661. The van der Waals surface area contributed by atoms with Gasteiger partial charge in [0, 0.05) is 28.0 Å². The lowest BCUT2D eigenvalue weighted by atomic mass is 10.1. The van der Waals surface area contributed by atoms with Gasteiger partial charge in [-0.1, -0.05) is 35.3 Å². The molecule has 23 heavy (non-hydrogen) atoms. The second-order valence-electron chi connectivity index (χ2n) is 5.59. The molecule has 0 spiro atoms. The van der Waals surface area contributed by atoms with Gasteiger partial charge in [0.1, 0.15) is 0 Å². The fraction of sp³-hybridized carbons (Fsp3) is 0.353. The number of hydrogen-bond acceptors (Lipinski definition) is 3. The summed E-state index contributed by atoms with van der Waals surface area (Å²) in [6.07, 6.45) is 0. The number of benzene rings is 1. The van der Waals surface area contributed by atoms with Crippen molar-refractivity contribution in [2.45, 2.75) is 19.5 Å². The molecule has 0 aliphatic heterocycles. The van der Waals surface area contributed by atoms with Gasteiger partial charge in [-0.15, -0.1) is 11.3 Å². The Morgan fingerprint density at radius 1 is 1.26 bits per heavy atom. The van der Waals surface area contributed by atoms with Crippen molar-refractivity contribution in [3.63, 3.8) is 0 Å². The number of rotatable bonds is 6. The zero-order chi connectivity index (χ0) is 17.0. The van der Waals surface area contributed by atoms with Crippen molar-refractivity contribution in [1.29, 1.82) is 0 Å². The third-order valence-corrected chi connectivity index (χ3v) is 5.28. The number of thiophene rings is 1. The van der Waals surface area contributed by atoms with Gasteiger partial charge in [-0.2, -0.15) is 0 Å². The summed E-state index contributed by atoms with van der Waals surface area (Å²) in [6, 6.07) is 9.51. The lowest BCUT2D eigenvalue weighted by Crippen LogP contribution is -2.37. The predicted octanol–water partition coefficient (Wildman–Crippen LogP) is 4.71. The lowest BCUT2D eigenvalue weighted by molar-refractivity contribution is -0.131. The van der Waals surface area contributed by atoms with E-state index in [1.165, 1.54) is 4.88 Å². The zero-order valence-electron chi connectivity index (χ0n) is 13.4. The molecule has 6 heteroatoms. The Morgan fingerprint density at radius 3 is 2.61 bits per heavy atom. The van der Waals surface area contributed by atoms with E-state index in [-0.39, 0.29) is 11.9 Å². The Kier molecular flexibility index (Phi) is 6.48. The summed E-state index contributed by atoms with van der Waals surface area (Å²) >= 11 is 13.9. The van der Waals surface area contributed by atoms with Crippen molar-refractivity contribution < 1.29 is 4.79 Å². The molecule has 0 saturated heterocycles. The number of amides is 1. The van der Waals surface area contributed by atoms with Crippen LogP contribution in [-0.2, 0) is 11.3 Å². The minimum Gasteiger partial charge on any atom is -0.340 e. The van der Waals surface area contributed by atoms with Crippen molar-refractivity contribution in [2.75, 3.05) is 20.6 Å². The quantitative estimate of drug-likeness (QED) is 0.735. The highest BCUT2D eigenvalue weighted by Gasteiger charge is 2.19. The number of hydrogen-bond donors (Lipinski definition) is 0. The van der Waals surface area contributed by atoms with Crippen LogP contribution in [-0.4, -0.2) is 36.3 Å². The van der Waals surface area contributed by atoms with Gasteiger partial charge in [0.05, 0.1) is 13.1 Å². The summed E-state index contributed by atoms with van der Waals surface area (Å²) in [4.78, 5) is 17.3. The standard InChI is InChI=1S/C17H20Cl2N2OS/c1-12(15-7-6-13(18)9-16(15)19)20(2)11-17(22)21(3)10-14-5-4-8-23-14/h4-9,12H,10-11H2,1-3H3. The van der Waals surface area contributed by atoms with Crippen molar-refractivity contribution in [1.82, 2.24) is 9.80 Å². The van der Waals surface area contributed by atoms with Gasteiger partial charge in [-0.3, -0.25) is 9.69 Å². The smallest absolute Gasteiger partial charge is 0.236 e. The van der Waals surface area contributed by atoms with Gasteiger partial charge in [0.25, 0.3) is 0 Å². The van der Waals surface area contributed by atoms with Crippen LogP contribution in [0.2, 0.25) is 10.0 Å². The zero-order valence-corrected chi connectivity index (χ0v) is 15.8. The first-order chi connectivity index (χ1) is 10.9. The van der Waals surface area contributed by atoms with Crippen LogP contribution in [0.4, 0.5) is 0 Å². The molecule has 0 bridgehead atoms. The van der Waals surface area contributed by atoms with Crippen LogP contribution in [0.3, 0.4) is 0 Å². The van der Waals surface area contributed by atoms with E-state index in [0.29, 0.717) is 23.1 Å². The SMILES string of the molecule is CC(c1ccc(Cl)cc1Cl)N(C)CC(=O)N(C)Cc1cccs1. The highest BCUT2D eigenvalue weighted by atomic mass is 35.5. The van der Waals surface area contributed by atoms with E-state index in [1.54, 1.807) is 22.3 Å². The molecule has 0 N–H and O–H groups in total. The third-order valence-electron chi connectivity index (χ3n) is 3.86. The fourth-order valence-electron chi connectivity index (χ4n) is 2.27. The number of nitrogens with zero attached hydrogens (tertiary/aromatic N) is 2. The first-order valence-corrected chi connectivity index (χ1v) is 8.93. The average molecular weight is 371 g/mol. The minimum atomic E-state index is 0.0267. The topological polar surface area (TPSA) is 23.6 Å². The molecule has 1 aromatic heterocycles. The van der Waals surface area contributed by atoms with Crippen molar-refractivity contribution >= 4 is 40.4 Å². The van der Waals surface area contributed by atoms with E-state index >= 15 is 0 Å². The molecule has 1 atom stereocenters. The Balaban J connectivity index is 1.97. The normalized spacial score (nSPS) is 12.4. The van der Waals surface area contributed by atoms with E-state index in [4.69, 9.17) is 23.2 Å². The number of carbonyl (C=O) groups is 1. The van der Waals surface area contributed by atoms with Crippen LogP contribution in [0, 0.1) is 0 Å². The van der Waals surface area contributed by atoms with Crippen LogP contribution in [0.25, 0.3) is 0 Å². The maximum absolute atomic E-state index is 12.4. The van der Waals surface area contributed by atoms with E-state index in [2.05, 4.69) is 0 Å². The van der Waals surface area contributed by atoms with Crippen molar-refractivity contribution in [2.24, 2.45) is 0 Å². The van der Waals surface area contributed by atoms with E-state index in [9.17, 15) is 4.79 Å². The van der Waals surface area contributed by atoms with Gasteiger partial charge in [-0.25, -0.2) is 0 Å². The summed E-state index contributed by atoms with van der Waals surface area (Å²) in [5.74, 6) is 0.0813. The molecular formula is C17H20Cl2N2OS. The summed E-state index contributed by atoms with van der Waals surface area (Å²) in [7, 11) is 3.75. The van der Waals surface area contributed by atoms with Gasteiger partial charge in [-0.05, 0) is 43.1 Å². The van der Waals surface area contributed by atoms with Gasteiger partial charge < -0.3 is 4.90 Å². The molecule has 1 unspecified atom stereocenters. The van der Waals surface area contributed by atoms with Crippen molar-refractivity contribution in [3.8, 4) is 0 Å². The molecule has 0 radical (unpaired) electrons. The summed E-state index contributed by atoms with van der Waals surface area (Å²) in [6.45, 7) is 3.00. The number of halogens is 2. The molecule has 0 saturated carbocycles. The third kappa shape index (κ3) is 4.95. The van der Waals surface area contributed by atoms with Crippen molar-refractivity contribution in [3.05, 3.63) is 56.2 Å². The Hall–Kier alpha value is -1.07. The predicted molar refractivity (Wildman–Crippen MR) is 98.3 cm³/mol. The molecule has 2 aromatic rings. The fourth-order valence-corrected chi connectivity index (χ4v) is 3.60. The maximum atomic E-state index is 12.4. The highest BCUT2D eigenvalue weighted by molar-refractivity contribution is 7.09. The van der Waals surface area contributed by atoms with Gasteiger partial charge in [0.2, 0.25) is 5.91 Å². The molecule has 0 fully saturated rings. The van der Waals surface area contributed by atoms with E-state index < -0.39 is 0 Å². The molecular weight excluding hydrogens is 351 g/mol. The highest BCUT2D eigenvalue weighted by Crippen LogP contribution is 2.29. The maximum Gasteiger partial charge on any atom is 0.236 e. The molecule has 1 amide bonds. The molecule has 0 aliphatic rings. The van der Waals surface area contributed by atoms with Gasteiger partial charge >= 0.3 is 0 Å². The molecule has 124 valence electrons. The summed E-state index contributed by atoms with van der Waals surface area (Å²) < 4.78 is 0. The first kappa shape index (κ1) is 18.3. The van der Waals surface area contributed by atoms with Crippen LogP contribution in [0.1, 0.15) is 23.4 Å². The molecule has 1 heterocycles. The van der Waals surface area contributed by atoms with E-state index in [1.807, 2.05) is 55.6 Å². The van der Waals surface area contributed by atoms with Crippen LogP contribution in [0.15, 0.2) is 35.7 Å². The molecule has 0 aliphatic carbocycles. The van der Waals surface area contributed by atoms with E-state index in [0.717, 1.165) is 5.56 Å². The monoisotopic (exact) mass is 370 g/mol. The average Bonchev–Trinajstić information content (AvgIpc) is 2.99. The lowest BCUT2D eigenvalue weighted by Gasteiger charge is -2.27. The second-order valence-corrected chi connectivity index (χ2v) is 7.46. The Labute approximate surface area is 151 Å². The van der Waals surface area contributed by atoms with Crippen LogP contribution in [0.5, 0.6) is 0 Å². The van der Waals surface area contributed by atoms with Crippen LogP contribution < -0.4 is 0 Å². The molecule has 2 rings (SSSR count). The molecule has 1 aromatic carbocycles.